The molecule has 0 aliphatic carbocycles. The molecule has 102 valence electrons. The van der Waals surface area contributed by atoms with Crippen molar-refractivity contribution in [3.05, 3.63) is 0 Å². The average molecular weight is 242 g/mol. The maximum Gasteiger partial charge on any atom is 0.312 e. The van der Waals surface area contributed by atoms with Gasteiger partial charge in [-0.25, -0.2) is 0 Å². The van der Waals surface area contributed by atoms with Crippen LogP contribution in [0, 0.1) is 17.3 Å². The Hall–Kier alpha value is -0.530. The van der Waals surface area contributed by atoms with Gasteiger partial charge in [-0.1, -0.05) is 34.1 Å². The van der Waals surface area contributed by atoms with E-state index in [2.05, 4.69) is 34.6 Å². The Morgan fingerprint density at radius 2 is 1.59 bits per heavy atom. The van der Waals surface area contributed by atoms with Crippen molar-refractivity contribution in [3.8, 4) is 0 Å². The topological polar surface area (TPSA) is 26.3 Å². The van der Waals surface area contributed by atoms with Crippen LogP contribution in [0.4, 0.5) is 0 Å². The van der Waals surface area contributed by atoms with E-state index < -0.39 is 5.60 Å². The standard InChI is InChI=1S/C15H30O2/c1-9-12(4)15(8,10-11(2)3)13(16)17-14(5,6)7/h11-12H,9-10H2,1-8H3. The van der Waals surface area contributed by atoms with Crippen molar-refractivity contribution >= 4 is 5.97 Å². The molecule has 0 amide bonds. The SMILES string of the molecule is CCC(C)C(C)(CC(C)C)C(=O)OC(C)(C)C. The summed E-state index contributed by atoms with van der Waals surface area (Å²) < 4.78 is 5.59. The summed E-state index contributed by atoms with van der Waals surface area (Å²) in [6.45, 7) is 16.4. The molecule has 0 bridgehead atoms. The molecule has 0 heterocycles. The van der Waals surface area contributed by atoms with Crippen LogP contribution in [0.15, 0.2) is 0 Å². The first kappa shape index (κ1) is 16.5. The fourth-order valence-electron chi connectivity index (χ4n) is 2.18. The van der Waals surface area contributed by atoms with Gasteiger partial charge in [0.15, 0.2) is 0 Å². The van der Waals surface area contributed by atoms with E-state index >= 15 is 0 Å². The highest BCUT2D eigenvalue weighted by Gasteiger charge is 2.41. The molecular formula is C15H30O2. The van der Waals surface area contributed by atoms with Gasteiger partial charge in [0.25, 0.3) is 0 Å². The molecule has 0 aromatic heterocycles. The van der Waals surface area contributed by atoms with Crippen molar-refractivity contribution in [2.24, 2.45) is 17.3 Å². The van der Waals surface area contributed by atoms with Gasteiger partial charge >= 0.3 is 5.97 Å². The summed E-state index contributed by atoms with van der Waals surface area (Å²) in [5, 5.41) is 0. The molecule has 2 nitrogen and oxygen atoms in total. The molecule has 2 unspecified atom stereocenters. The van der Waals surface area contributed by atoms with Gasteiger partial charge < -0.3 is 4.74 Å². The number of hydrogen-bond acceptors (Lipinski definition) is 2. The van der Waals surface area contributed by atoms with Gasteiger partial charge in [-0.2, -0.15) is 0 Å². The highest BCUT2D eigenvalue weighted by molar-refractivity contribution is 5.77. The van der Waals surface area contributed by atoms with E-state index in [4.69, 9.17) is 4.74 Å². The van der Waals surface area contributed by atoms with E-state index in [1.807, 2.05) is 20.8 Å². The zero-order valence-corrected chi connectivity index (χ0v) is 12.9. The summed E-state index contributed by atoms with van der Waals surface area (Å²) in [5.41, 5.74) is -0.765. The molecule has 0 saturated carbocycles. The fraction of sp³-hybridized carbons (Fsp3) is 0.933. The van der Waals surface area contributed by atoms with E-state index in [1.165, 1.54) is 0 Å². The Balaban J connectivity index is 4.98. The normalized spacial score (nSPS) is 17.7. The zero-order valence-electron chi connectivity index (χ0n) is 12.9. The van der Waals surface area contributed by atoms with Crippen LogP contribution >= 0.6 is 0 Å². The second-order valence-corrected chi connectivity index (χ2v) is 6.83. The van der Waals surface area contributed by atoms with Crippen molar-refractivity contribution in [1.29, 1.82) is 0 Å². The minimum Gasteiger partial charge on any atom is -0.460 e. The second-order valence-electron chi connectivity index (χ2n) is 6.83. The van der Waals surface area contributed by atoms with Gasteiger partial charge in [0, 0.05) is 0 Å². The van der Waals surface area contributed by atoms with Crippen molar-refractivity contribution in [2.45, 2.75) is 73.8 Å². The molecule has 0 radical (unpaired) electrons. The predicted octanol–water partition coefficient (Wildman–Crippen LogP) is 4.43. The predicted molar refractivity (Wildman–Crippen MR) is 72.9 cm³/mol. The zero-order chi connectivity index (χ0) is 13.9. The first-order chi connectivity index (χ1) is 7.53. The van der Waals surface area contributed by atoms with Crippen molar-refractivity contribution in [2.75, 3.05) is 0 Å². The number of esters is 1. The van der Waals surface area contributed by atoms with Crippen molar-refractivity contribution in [1.82, 2.24) is 0 Å². The van der Waals surface area contributed by atoms with Gasteiger partial charge in [0.1, 0.15) is 5.60 Å². The monoisotopic (exact) mass is 242 g/mol. The molecular weight excluding hydrogens is 212 g/mol. The summed E-state index contributed by atoms with van der Waals surface area (Å²) in [4.78, 5) is 12.4. The van der Waals surface area contributed by atoms with Crippen molar-refractivity contribution in [3.63, 3.8) is 0 Å². The Morgan fingerprint density at radius 3 is 1.88 bits per heavy atom. The number of carbonyl (C=O) groups excluding carboxylic acids is 1. The van der Waals surface area contributed by atoms with Crippen LogP contribution in [0.2, 0.25) is 0 Å². The largest absolute Gasteiger partial charge is 0.460 e. The number of carbonyl (C=O) groups is 1. The van der Waals surface area contributed by atoms with E-state index in [0.717, 1.165) is 12.8 Å². The summed E-state index contributed by atoms with van der Waals surface area (Å²) in [5.74, 6) is 0.800. The Labute approximate surface area is 107 Å². The first-order valence-electron chi connectivity index (χ1n) is 6.76. The summed E-state index contributed by atoms with van der Waals surface area (Å²) in [6, 6.07) is 0. The minimum absolute atomic E-state index is 0.0481. The lowest BCUT2D eigenvalue weighted by molar-refractivity contribution is -0.171. The lowest BCUT2D eigenvalue weighted by atomic mass is 9.71. The summed E-state index contributed by atoms with van der Waals surface area (Å²) >= 11 is 0. The van der Waals surface area contributed by atoms with E-state index in [1.54, 1.807) is 0 Å². The van der Waals surface area contributed by atoms with Gasteiger partial charge in [-0.15, -0.1) is 0 Å². The number of ether oxygens (including phenoxy) is 1. The molecule has 0 N–H and O–H groups in total. The fourth-order valence-corrected chi connectivity index (χ4v) is 2.18. The van der Waals surface area contributed by atoms with Crippen LogP contribution in [-0.2, 0) is 9.53 Å². The van der Waals surface area contributed by atoms with E-state index in [9.17, 15) is 4.79 Å². The third-order valence-corrected chi connectivity index (χ3v) is 3.40. The maximum atomic E-state index is 12.4. The molecule has 0 aromatic carbocycles. The quantitative estimate of drug-likeness (QED) is 0.667. The second kappa shape index (κ2) is 5.88. The lowest BCUT2D eigenvalue weighted by Gasteiger charge is -2.36. The molecule has 17 heavy (non-hydrogen) atoms. The molecule has 2 heteroatoms. The Kier molecular flexibility index (Phi) is 5.70. The molecule has 0 spiro atoms. The smallest absolute Gasteiger partial charge is 0.312 e. The minimum atomic E-state index is -0.400. The highest BCUT2D eigenvalue weighted by Crippen LogP contribution is 2.38. The molecule has 0 saturated heterocycles. The van der Waals surface area contributed by atoms with Crippen LogP contribution in [0.3, 0.4) is 0 Å². The van der Waals surface area contributed by atoms with Gasteiger partial charge in [0.05, 0.1) is 5.41 Å². The maximum absolute atomic E-state index is 12.4. The number of hydrogen-bond donors (Lipinski definition) is 0. The van der Waals surface area contributed by atoms with Gasteiger partial charge in [-0.3, -0.25) is 4.79 Å². The molecule has 0 fully saturated rings. The first-order valence-corrected chi connectivity index (χ1v) is 6.76. The van der Waals surface area contributed by atoms with E-state index in [0.29, 0.717) is 11.8 Å². The molecule has 2 atom stereocenters. The van der Waals surface area contributed by atoms with Crippen LogP contribution in [0.1, 0.15) is 68.2 Å². The van der Waals surface area contributed by atoms with Gasteiger partial charge in [0.2, 0.25) is 0 Å². The van der Waals surface area contributed by atoms with Crippen LogP contribution in [0.5, 0.6) is 0 Å². The van der Waals surface area contributed by atoms with Gasteiger partial charge in [-0.05, 0) is 46.0 Å². The molecule has 0 aliphatic heterocycles. The Bertz CT molecular complexity index is 250. The van der Waals surface area contributed by atoms with Crippen LogP contribution in [-0.4, -0.2) is 11.6 Å². The summed E-state index contributed by atoms with van der Waals surface area (Å²) in [7, 11) is 0. The number of rotatable bonds is 5. The molecule has 0 rings (SSSR count). The Morgan fingerprint density at radius 1 is 1.12 bits per heavy atom. The average Bonchev–Trinajstić information content (AvgIpc) is 2.12. The molecule has 0 aliphatic rings. The summed E-state index contributed by atoms with van der Waals surface area (Å²) in [6.07, 6.45) is 1.89. The highest BCUT2D eigenvalue weighted by atomic mass is 16.6. The lowest BCUT2D eigenvalue weighted by Crippen LogP contribution is -2.41. The third-order valence-electron chi connectivity index (χ3n) is 3.40. The van der Waals surface area contributed by atoms with Crippen LogP contribution in [0.25, 0.3) is 0 Å². The third kappa shape index (κ3) is 5.10. The molecule has 0 aromatic rings. The van der Waals surface area contributed by atoms with Crippen LogP contribution < -0.4 is 0 Å². The van der Waals surface area contributed by atoms with Crippen molar-refractivity contribution < 1.29 is 9.53 Å². The van der Waals surface area contributed by atoms with E-state index in [-0.39, 0.29) is 11.4 Å².